The molecule has 0 spiro atoms. The third-order valence-electron chi connectivity index (χ3n) is 5.88. The number of rotatable bonds is 8. The number of ether oxygens (including phenoxy) is 4. The number of hydrogen-bond acceptors (Lipinski definition) is 8. The van der Waals surface area contributed by atoms with Crippen LogP contribution in [0.1, 0.15) is 18.5 Å². The second-order valence-corrected chi connectivity index (χ2v) is 7.80. The van der Waals surface area contributed by atoms with Crippen molar-refractivity contribution in [2.45, 2.75) is 13.0 Å². The molecule has 0 saturated heterocycles. The van der Waals surface area contributed by atoms with Crippen LogP contribution in [0.15, 0.2) is 69.0 Å². The third-order valence-corrected chi connectivity index (χ3v) is 5.88. The van der Waals surface area contributed by atoms with E-state index in [2.05, 4.69) is 5.18 Å². The summed E-state index contributed by atoms with van der Waals surface area (Å²) in [5.41, 5.74) is 2.43. The van der Waals surface area contributed by atoms with Gasteiger partial charge in [0.2, 0.25) is 0 Å². The molecule has 0 fully saturated rings. The quantitative estimate of drug-likeness (QED) is 0.289. The molecule has 1 aromatic heterocycles. The fourth-order valence-electron chi connectivity index (χ4n) is 3.99. The summed E-state index contributed by atoms with van der Waals surface area (Å²) >= 11 is 0. The number of nitroso groups, excluding NO2 is 1. The number of nitrogens with zero attached hydrogens (tertiary/aromatic N) is 1. The molecule has 1 atom stereocenters. The minimum absolute atomic E-state index is 0.259. The van der Waals surface area contributed by atoms with Gasteiger partial charge >= 0.3 is 0 Å². The molecule has 0 radical (unpaired) electrons. The lowest BCUT2D eigenvalue weighted by Crippen LogP contribution is -2.05. The molecule has 35 heavy (non-hydrogen) atoms. The van der Waals surface area contributed by atoms with Crippen LogP contribution in [-0.2, 0) is 0 Å². The van der Waals surface area contributed by atoms with Gasteiger partial charge in [-0.2, -0.15) is 4.91 Å². The van der Waals surface area contributed by atoms with E-state index < -0.39 is 6.04 Å². The van der Waals surface area contributed by atoms with Crippen molar-refractivity contribution in [2.75, 3.05) is 28.4 Å². The zero-order valence-electron chi connectivity index (χ0n) is 20.1. The van der Waals surface area contributed by atoms with Crippen LogP contribution in [0.2, 0.25) is 0 Å². The van der Waals surface area contributed by atoms with Gasteiger partial charge < -0.3 is 23.4 Å². The van der Waals surface area contributed by atoms with E-state index in [0.717, 1.165) is 0 Å². The smallest absolute Gasteiger partial charge is 0.197 e. The molecule has 0 bridgehead atoms. The highest BCUT2D eigenvalue weighted by molar-refractivity contribution is 6.01. The number of methoxy groups -OCH3 is 4. The topological polar surface area (TPSA) is 96.6 Å². The largest absolute Gasteiger partial charge is 0.497 e. The number of benzene rings is 3. The molecular formula is C27H25NO7. The van der Waals surface area contributed by atoms with Crippen molar-refractivity contribution >= 4 is 11.0 Å². The second kappa shape index (κ2) is 9.89. The van der Waals surface area contributed by atoms with Gasteiger partial charge in [-0.3, -0.25) is 4.79 Å². The van der Waals surface area contributed by atoms with Crippen molar-refractivity contribution in [3.05, 3.63) is 75.3 Å². The number of hydrogen-bond donors (Lipinski definition) is 0. The van der Waals surface area contributed by atoms with Gasteiger partial charge in [0, 0.05) is 23.3 Å². The maximum absolute atomic E-state index is 13.3. The van der Waals surface area contributed by atoms with Crippen LogP contribution in [0, 0.1) is 4.91 Å². The lowest BCUT2D eigenvalue weighted by Gasteiger charge is -2.18. The van der Waals surface area contributed by atoms with Gasteiger partial charge in [0.15, 0.2) is 11.0 Å². The van der Waals surface area contributed by atoms with Crippen molar-refractivity contribution in [2.24, 2.45) is 5.18 Å². The van der Waals surface area contributed by atoms with E-state index in [9.17, 15) is 9.70 Å². The molecule has 0 aliphatic carbocycles. The molecule has 8 nitrogen and oxygen atoms in total. The summed E-state index contributed by atoms with van der Waals surface area (Å²) in [6.07, 6.45) is 0. The molecule has 0 saturated carbocycles. The first-order valence-corrected chi connectivity index (χ1v) is 10.8. The molecule has 3 aromatic carbocycles. The molecule has 4 aromatic rings. The third kappa shape index (κ3) is 4.30. The SMILES string of the molecule is COc1ccc(-c2cc(=O)c3c(OC)cc(OC)c(-c4cc(C(C)N=O)ccc4OC)c3o2)cc1. The molecule has 8 heteroatoms. The van der Waals surface area contributed by atoms with Crippen molar-refractivity contribution in [3.8, 4) is 45.4 Å². The summed E-state index contributed by atoms with van der Waals surface area (Å²) in [6.45, 7) is 1.70. The predicted octanol–water partition coefficient (Wildman–Crippen LogP) is 5.99. The highest BCUT2D eigenvalue weighted by atomic mass is 16.5. The molecule has 0 amide bonds. The molecule has 0 aliphatic heterocycles. The van der Waals surface area contributed by atoms with E-state index in [-0.39, 0.29) is 16.4 Å². The van der Waals surface area contributed by atoms with E-state index in [1.807, 2.05) is 0 Å². The first kappa shape index (κ1) is 23.8. The first-order chi connectivity index (χ1) is 16.9. The van der Waals surface area contributed by atoms with Crippen molar-refractivity contribution in [1.29, 1.82) is 0 Å². The molecule has 0 N–H and O–H groups in total. The Hall–Kier alpha value is -4.33. The van der Waals surface area contributed by atoms with Gasteiger partial charge in [-0.15, -0.1) is 0 Å². The average Bonchev–Trinajstić information content (AvgIpc) is 2.91. The summed E-state index contributed by atoms with van der Waals surface area (Å²) in [4.78, 5) is 24.6. The van der Waals surface area contributed by atoms with Crippen molar-refractivity contribution in [3.63, 3.8) is 0 Å². The summed E-state index contributed by atoms with van der Waals surface area (Å²) < 4.78 is 28.4. The van der Waals surface area contributed by atoms with E-state index in [1.54, 1.807) is 62.6 Å². The Kier molecular flexibility index (Phi) is 6.73. The summed E-state index contributed by atoms with van der Waals surface area (Å²) in [7, 11) is 6.11. The Morgan fingerprint density at radius 1 is 0.800 bits per heavy atom. The normalized spacial score (nSPS) is 11.7. The number of fused-ring (bicyclic) bond motifs is 1. The second-order valence-electron chi connectivity index (χ2n) is 7.80. The fourth-order valence-corrected chi connectivity index (χ4v) is 3.99. The van der Waals surface area contributed by atoms with Crippen LogP contribution < -0.4 is 24.4 Å². The Morgan fingerprint density at radius 2 is 1.49 bits per heavy atom. The van der Waals surface area contributed by atoms with Gasteiger partial charge in [-0.25, -0.2) is 0 Å². The maximum Gasteiger partial charge on any atom is 0.197 e. The van der Waals surface area contributed by atoms with Crippen LogP contribution in [0.5, 0.6) is 23.0 Å². The Labute approximate surface area is 202 Å². The predicted molar refractivity (Wildman–Crippen MR) is 134 cm³/mol. The van der Waals surface area contributed by atoms with E-state index in [1.165, 1.54) is 27.4 Å². The highest BCUT2D eigenvalue weighted by Gasteiger charge is 2.24. The van der Waals surface area contributed by atoms with E-state index in [4.69, 9.17) is 23.4 Å². The summed E-state index contributed by atoms with van der Waals surface area (Å²) in [5.74, 6) is 2.27. The standard InChI is InChI=1S/C27H25NO7/c1-15(28-30)17-8-11-21(32-3)19(12-17)25-23(33-4)14-24(34-5)26-20(29)13-22(35-27(25)26)16-6-9-18(31-2)10-7-16/h6-15H,1-5H3. The molecule has 1 unspecified atom stereocenters. The van der Waals surface area contributed by atoms with Crippen molar-refractivity contribution < 1.29 is 23.4 Å². The van der Waals surface area contributed by atoms with Crippen LogP contribution in [0.3, 0.4) is 0 Å². The Morgan fingerprint density at radius 3 is 2.09 bits per heavy atom. The average molecular weight is 475 g/mol. The lowest BCUT2D eigenvalue weighted by molar-refractivity contribution is 0.396. The lowest BCUT2D eigenvalue weighted by atomic mass is 9.96. The van der Waals surface area contributed by atoms with Gasteiger partial charge in [-0.05, 0) is 48.9 Å². The monoisotopic (exact) mass is 475 g/mol. The maximum atomic E-state index is 13.3. The molecule has 0 aliphatic rings. The van der Waals surface area contributed by atoms with Crippen LogP contribution >= 0.6 is 0 Å². The fraction of sp³-hybridized carbons (Fsp3) is 0.222. The first-order valence-electron chi connectivity index (χ1n) is 10.8. The summed E-state index contributed by atoms with van der Waals surface area (Å²) in [5, 5.41) is 3.40. The molecular weight excluding hydrogens is 450 g/mol. The minimum Gasteiger partial charge on any atom is -0.497 e. The zero-order valence-corrected chi connectivity index (χ0v) is 20.1. The zero-order chi connectivity index (χ0) is 25.1. The summed E-state index contributed by atoms with van der Waals surface area (Å²) in [6, 6.07) is 15.0. The van der Waals surface area contributed by atoms with Gasteiger partial charge in [0.1, 0.15) is 40.2 Å². The van der Waals surface area contributed by atoms with E-state index >= 15 is 0 Å². The van der Waals surface area contributed by atoms with Gasteiger partial charge in [0.25, 0.3) is 0 Å². The van der Waals surface area contributed by atoms with Crippen LogP contribution in [0.4, 0.5) is 0 Å². The van der Waals surface area contributed by atoms with Crippen LogP contribution in [0.25, 0.3) is 33.4 Å². The van der Waals surface area contributed by atoms with Gasteiger partial charge in [-0.1, -0.05) is 11.2 Å². The van der Waals surface area contributed by atoms with Crippen LogP contribution in [-0.4, -0.2) is 28.4 Å². The molecule has 180 valence electrons. The molecule has 1 heterocycles. The van der Waals surface area contributed by atoms with E-state index in [0.29, 0.717) is 51.0 Å². The highest BCUT2D eigenvalue weighted by Crippen LogP contribution is 2.46. The molecule has 4 rings (SSSR count). The Bertz CT molecular complexity index is 1440. The Balaban J connectivity index is 2.11. The van der Waals surface area contributed by atoms with Gasteiger partial charge in [0.05, 0.1) is 34.0 Å². The van der Waals surface area contributed by atoms with Crippen molar-refractivity contribution in [1.82, 2.24) is 0 Å². The minimum atomic E-state index is -0.586.